The molecule has 3 aromatic rings. The number of benzene rings is 1. The second kappa shape index (κ2) is 6.82. The van der Waals surface area contributed by atoms with Gasteiger partial charge in [0, 0.05) is 49.5 Å². The van der Waals surface area contributed by atoms with Gasteiger partial charge in [-0.15, -0.1) is 0 Å². The fourth-order valence-corrected chi connectivity index (χ4v) is 2.75. The molecule has 4 rings (SSSR count). The third-order valence-corrected chi connectivity index (χ3v) is 4.07. The van der Waals surface area contributed by atoms with Crippen LogP contribution in [0.2, 0.25) is 0 Å². The van der Waals surface area contributed by atoms with Gasteiger partial charge < -0.3 is 15.0 Å². The Morgan fingerprint density at radius 3 is 2.84 bits per heavy atom. The van der Waals surface area contributed by atoms with Crippen LogP contribution in [-0.2, 0) is 0 Å². The molecule has 1 N–H and O–H groups in total. The highest BCUT2D eigenvalue weighted by Crippen LogP contribution is 2.22. The van der Waals surface area contributed by atoms with Gasteiger partial charge in [0.25, 0.3) is 0 Å². The van der Waals surface area contributed by atoms with E-state index in [4.69, 9.17) is 4.74 Å². The van der Waals surface area contributed by atoms with Crippen molar-refractivity contribution in [2.24, 2.45) is 0 Å². The average Bonchev–Trinajstić information content (AvgIpc) is 2.68. The molecule has 0 bridgehead atoms. The minimum absolute atomic E-state index is 0.0502. The largest absolute Gasteiger partial charge is 0.417 e. The molecule has 1 fully saturated rings. The monoisotopic (exact) mass is 335 g/mol. The Balaban J connectivity index is 1.56. The molecule has 0 radical (unpaired) electrons. The Kier molecular flexibility index (Phi) is 4.22. The molecular formula is C18H17N5O2. The van der Waals surface area contributed by atoms with E-state index in [-0.39, 0.29) is 6.01 Å². The molecule has 1 amide bonds. The smallest absolute Gasteiger partial charge is 0.374 e. The van der Waals surface area contributed by atoms with Crippen LogP contribution >= 0.6 is 0 Å². The first kappa shape index (κ1) is 15.5. The van der Waals surface area contributed by atoms with Gasteiger partial charge in [-0.2, -0.15) is 4.98 Å². The van der Waals surface area contributed by atoms with Crippen LogP contribution in [-0.4, -0.2) is 52.1 Å². The molecule has 3 heterocycles. The highest BCUT2D eigenvalue weighted by Gasteiger charge is 2.19. The van der Waals surface area contributed by atoms with Gasteiger partial charge in [0.05, 0.1) is 11.2 Å². The number of hydrogen-bond donors (Lipinski definition) is 1. The van der Waals surface area contributed by atoms with Crippen molar-refractivity contribution in [1.29, 1.82) is 0 Å². The van der Waals surface area contributed by atoms with Gasteiger partial charge >= 0.3 is 12.1 Å². The van der Waals surface area contributed by atoms with E-state index in [0.717, 1.165) is 29.6 Å². The van der Waals surface area contributed by atoms with E-state index in [1.54, 1.807) is 23.4 Å². The predicted molar refractivity (Wildman–Crippen MR) is 93.2 cm³/mol. The van der Waals surface area contributed by atoms with Gasteiger partial charge in [-0.25, -0.2) is 9.78 Å². The number of piperazine rings is 1. The van der Waals surface area contributed by atoms with Gasteiger partial charge in [-0.05, 0) is 18.2 Å². The third kappa shape index (κ3) is 3.41. The summed E-state index contributed by atoms with van der Waals surface area (Å²) in [6, 6.07) is 11.7. The minimum Gasteiger partial charge on any atom is -0.374 e. The zero-order valence-corrected chi connectivity index (χ0v) is 13.6. The number of pyridine rings is 1. The van der Waals surface area contributed by atoms with Crippen LogP contribution < -0.4 is 10.1 Å². The zero-order valence-electron chi connectivity index (χ0n) is 13.6. The number of nitrogens with one attached hydrogen (secondary N) is 1. The van der Waals surface area contributed by atoms with E-state index in [9.17, 15) is 4.79 Å². The summed E-state index contributed by atoms with van der Waals surface area (Å²) in [5, 5.41) is 4.22. The van der Waals surface area contributed by atoms with Crippen molar-refractivity contribution < 1.29 is 9.53 Å². The van der Waals surface area contributed by atoms with Crippen molar-refractivity contribution in [3.8, 4) is 17.3 Å². The second-order valence-electron chi connectivity index (χ2n) is 5.75. The fourth-order valence-electron chi connectivity index (χ4n) is 2.75. The summed E-state index contributed by atoms with van der Waals surface area (Å²) in [6.07, 6.45) is 2.92. The normalized spacial score (nSPS) is 14.5. The number of nitrogens with zero attached hydrogens (tertiary/aromatic N) is 4. The van der Waals surface area contributed by atoms with E-state index < -0.39 is 6.09 Å². The zero-order chi connectivity index (χ0) is 17.1. The highest BCUT2D eigenvalue weighted by atomic mass is 16.6. The fraction of sp³-hybridized carbons (Fsp3) is 0.222. The van der Waals surface area contributed by atoms with Crippen LogP contribution in [0.3, 0.4) is 0 Å². The van der Waals surface area contributed by atoms with E-state index >= 15 is 0 Å². The van der Waals surface area contributed by atoms with Gasteiger partial charge in [0.15, 0.2) is 0 Å². The molecule has 7 nitrogen and oxygen atoms in total. The van der Waals surface area contributed by atoms with Gasteiger partial charge in [-0.1, -0.05) is 18.2 Å². The first-order chi connectivity index (χ1) is 12.3. The van der Waals surface area contributed by atoms with Crippen molar-refractivity contribution in [2.45, 2.75) is 0 Å². The molecular weight excluding hydrogens is 318 g/mol. The average molecular weight is 335 g/mol. The first-order valence-electron chi connectivity index (χ1n) is 8.15. The van der Waals surface area contributed by atoms with E-state index in [1.165, 1.54) is 0 Å². The first-order valence-corrected chi connectivity index (χ1v) is 8.15. The molecule has 2 aromatic heterocycles. The number of ether oxygens (including phenoxy) is 1. The summed E-state index contributed by atoms with van der Waals surface area (Å²) >= 11 is 0. The van der Waals surface area contributed by atoms with Crippen molar-refractivity contribution in [1.82, 2.24) is 25.2 Å². The Bertz CT molecular complexity index is 909. The lowest BCUT2D eigenvalue weighted by Crippen LogP contribution is -2.47. The number of carbonyl (C=O) groups excluding carboxylic acids is 1. The SMILES string of the molecule is O=C(Oc1nccc(-c2cnc3ccccc3c2)n1)N1CCNCC1. The van der Waals surface area contributed by atoms with Crippen LogP contribution in [0.25, 0.3) is 22.2 Å². The molecule has 7 heteroatoms. The standard InChI is InChI=1S/C18H17N5O2/c24-18(23-9-7-19-8-10-23)25-17-20-6-5-16(22-17)14-11-13-3-1-2-4-15(13)21-12-14/h1-6,11-12,19H,7-10H2. The molecule has 126 valence electrons. The van der Waals surface area contributed by atoms with Crippen LogP contribution in [0.15, 0.2) is 48.8 Å². The molecule has 0 saturated carbocycles. The summed E-state index contributed by atoms with van der Waals surface area (Å²) in [5.41, 5.74) is 2.43. The molecule has 1 aromatic carbocycles. The predicted octanol–water partition coefficient (Wildman–Crippen LogP) is 2.10. The summed E-state index contributed by atoms with van der Waals surface area (Å²) < 4.78 is 5.32. The Labute approximate surface area is 144 Å². The van der Waals surface area contributed by atoms with Gasteiger partial charge in [0.1, 0.15) is 0 Å². The van der Waals surface area contributed by atoms with Crippen molar-refractivity contribution in [2.75, 3.05) is 26.2 Å². The lowest BCUT2D eigenvalue weighted by Gasteiger charge is -2.25. The molecule has 0 aliphatic carbocycles. The minimum atomic E-state index is -0.421. The number of para-hydroxylation sites is 1. The summed E-state index contributed by atoms with van der Waals surface area (Å²) in [6.45, 7) is 2.76. The number of hydrogen-bond acceptors (Lipinski definition) is 6. The number of rotatable bonds is 2. The molecule has 0 unspecified atom stereocenters. The topological polar surface area (TPSA) is 80.2 Å². The van der Waals surface area contributed by atoms with Crippen molar-refractivity contribution >= 4 is 17.0 Å². The maximum absolute atomic E-state index is 12.2. The maximum atomic E-state index is 12.2. The molecule has 0 atom stereocenters. The van der Waals surface area contributed by atoms with Crippen LogP contribution in [0, 0.1) is 0 Å². The quantitative estimate of drug-likeness (QED) is 0.772. The third-order valence-electron chi connectivity index (χ3n) is 4.07. The molecule has 25 heavy (non-hydrogen) atoms. The van der Waals surface area contributed by atoms with E-state index in [2.05, 4.69) is 20.3 Å². The van der Waals surface area contributed by atoms with Crippen LogP contribution in [0.1, 0.15) is 0 Å². The number of amides is 1. The maximum Gasteiger partial charge on any atom is 0.417 e. The Morgan fingerprint density at radius 1 is 1.12 bits per heavy atom. The Morgan fingerprint density at radius 2 is 1.96 bits per heavy atom. The Hall–Kier alpha value is -3.06. The second-order valence-corrected chi connectivity index (χ2v) is 5.75. The molecule has 1 aliphatic rings. The summed E-state index contributed by atoms with van der Waals surface area (Å²) in [4.78, 5) is 26.6. The van der Waals surface area contributed by atoms with E-state index in [0.29, 0.717) is 18.8 Å². The number of fused-ring (bicyclic) bond motifs is 1. The van der Waals surface area contributed by atoms with E-state index in [1.807, 2.05) is 30.3 Å². The van der Waals surface area contributed by atoms with Crippen molar-refractivity contribution in [3.05, 3.63) is 48.8 Å². The molecule has 1 saturated heterocycles. The molecule has 0 spiro atoms. The number of carbonyl (C=O) groups is 1. The van der Waals surface area contributed by atoms with Crippen LogP contribution in [0.4, 0.5) is 4.79 Å². The van der Waals surface area contributed by atoms with Crippen molar-refractivity contribution in [3.63, 3.8) is 0 Å². The van der Waals surface area contributed by atoms with Crippen LogP contribution in [0.5, 0.6) is 6.01 Å². The highest BCUT2D eigenvalue weighted by molar-refractivity contribution is 5.82. The summed E-state index contributed by atoms with van der Waals surface area (Å²) in [7, 11) is 0. The summed E-state index contributed by atoms with van der Waals surface area (Å²) in [5.74, 6) is 0. The lowest BCUT2D eigenvalue weighted by atomic mass is 10.1. The lowest BCUT2D eigenvalue weighted by molar-refractivity contribution is 0.142. The van der Waals surface area contributed by atoms with Gasteiger partial charge in [0.2, 0.25) is 0 Å². The molecule has 1 aliphatic heterocycles. The number of aromatic nitrogens is 3. The van der Waals surface area contributed by atoms with Gasteiger partial charge in [-0.3, -0.25) is 4.98 Å².